The van der Waals surface area contributed by atoms with E-state index in [1.165, 1.54) is 59.2 Å². The van der Waals surface area contributed by atoms with Crippen LogP contribution in [0.15, 0.2) is 65.8 Å². The number of nitrogens with one attached hydrogen (secondary N) is 1. The summed E-state index contributed by atoms with van der Waals surface area (Å²) in [5.41, 5.74) is 1.59. The Morgan fingerprint density at radius 1 is 1.11 bits per heavy atom. The fraction of sp³-hybridized carbons (Fsp3) is 0.174. The van der Waals surface area contributed by atoms with Crippen molar-refractivity contribution < 1.29 is 36.7 Å². The molecule has 0 saturated carbocycles. The molecule has 2 aromatic carbocycles. The van der Waals surface area contributed by atoms with Crippen molar-refractivity contribution in [2.24, 2.45) is 0 Å². The topological polar surface area (TPSA) is 129 Å². The molecule has 3 aromatic rings. The number of carbonyl (C=O) groups is 2. The molecule has 0 radical (unpaired) electrons. The molecular formula is C23H19ClF2N4O6S. The average Bonchev–Trinajstić information content (AvgIpc) is 2.90. The van der Waals surface area contributed by atoms with Crippen LogP contribution in [-0.2, 0) is 14.8 Å². The molecular weight excluding hydrogens is 534 g/mol. The van der Waals surface area contributed by atoms with E-state index in [1.54, 1.807) is 0 Å². The highest BCUT2D eigenvalue weighted by atomic mass is 35.5. The summed E-state index contributed by atoms with van der Waals surface area (Å²) in [6, 6.07) is 8.20. The van der Waals surface area contributed by atoms with E-state index < -0.39 is 63.2 Å². The smallest absolute Gasteiger partial charge is 0.263 e. The number of nitrogens with zero attached hydrogens (tertiary/aromatic N) is 3. The van der Waals surface area contributed by atoms with Gasteiger partial charge in [-0.15, -0.1) is 0 Å². The first kappa shape index (κ1) is 26.4. The third-order valence-electron chi connectivity index (χ3n) is 5.55. The van der Waals surface area contributed by atoms with Crippen LogP contribution in [0.4, 0.5) is 8.78 Å². The zero-order valence-electron chi connectivity index (χ0n) is 18.8. The number of benzene rings is 2. The number of hydroxylamine groups is 1. The summed E-state index contributed by atoms with van der Waals surface area (Å²) in [7, 11) is -4.66. The number of rotatable bonds is 6. The molecule has 1 aromatic heterocycles. The van der Waals surface area contributed by atoms with Gasteiger partial charge in [-0.05, 0) is 48.5 Å². The van der Waals surface area contributed by atoms with Gasteiger partial charge in [0, 0.05) is 37.1 Å². The first-order valence-corrected chi connectivity index (χ1v) is 12.5. The molecule has 194 valence electrons. The van der Waals surface area contributed by atoms with E-state index in [-0.39, 0.29) is 17.9 Å². The Hall–Kier alpha value is -3.65. The zero-order chi connectivity index (χ0) is 26.7. The van der Waals surface area contributed by atoms with E-state index in [4.69, 9.17) is 16.3 Å². The standard InChI is InChI=1S/C23H19ClF2N4O6S/c24-15-3-5-16(6-4-15)36-21-18(25)10-17(11-19(21)26)37(34,35)30-9-8-29(13-20(30)22(31)28-33)23(32)14-2-1-7-27-12-14/h1-7,10-12,20,33H,8-9,13H2,(H,28,31)/t20-/m0/s1. The highest BCUT2D eigenvalue weighted by molar-refractivity contribution is 7.89. The number of halogens is 3. The number of sulfonamides is 1. The van der Waals surface area contributed by atoms with Crippen LogP contribution in [0.25, 0.3) is 0 Å². The molecule has 2 N–H and O–H groups in total. The van der Waals surface area contributed by atoms with Crippen LogP contribution < -0.4 is 10.2 Å². The first-order chi connectivity index (χ1) is 17.6. The van der Waals surface area contributed by atoms with Gasteiger partial charge in [-0.25, -0.2) is 22.7 Å². The van der Waals surface area contributed by atoms with Crippen LogP contribution in [0.2, 0.25) is 5.02 Å². The molecule has 1 aliphatic heterocycles. The summed E-state index contributed by atoms with van der Waals surface area (Å²) in [6.07, 6.45) is 2.78. The molecule has 2 amide bonds. The molecule has 1 aliphatic rings. The monoisotopic (exact) mass is 552 g/mol. The maximum absolute atomic E-state index is 14.8. The van der Waals surface area contributed by atoms with Crippen molar-refractivity contribution in [2.75, 3.05) is 19.6 Å². The van der Waals surface area contributed by atoms with Crippen molar-refractivity contribution in [3.05, 3.63) is 83.1 Å². The van der Waals surface area contributed by atoms with Gasteiger partial charge in [-0.3, -0.25) is 19.8 Å². The van der Waals surface area contributed by atoms with Crippen LogP contribution in [-0.4, -0.2) is 65.3 Å². The normalized spacial score (nSPS) is 16.3. The number of amides is 2. The maximum Gasteiger partial charge on any atom is 0.263 e. The van der Waals surface area contributed by atoms with Gasteiger partial charge in [-0.1, -0.05) is 11.6 Å². The van der Waals surface area contributed by atoms with Gasteiger partial charge < -0.3 is 9.64 Å². The molecule has 10 nitrogen and oxygen atoms in total. The first-order valence-electron chi connectivity index (χ1n) is 10.7. The maximum atomic E-state index is 14.8. The molecule has 4 rings (SSSR count). The second kappa shape index (κ2) is 10.8. The second-order valence-electron chi connectivity index (χ2n) is 7.87. The number of hydrogen-bond acceptors (Lipinski definition) is 7. The summed E-state index contributed by atoms with van der Waals surface area (Å²) < 4.78 is 62.1. The third kappa shape index (κ3) is 5.54. The number of ether oxygens (including phenoxy) is 1. The predicted molar refractivity (Wildman–Crippen MR) is 126 cm³/mol. The van der Waals surface area contributed by atoms with Crippen molar-refractivity contribution in [3.8, 4) is 11.5 Å². The third-order valence-corrected chi connectivity index (χ3v) is 7.69. The fourth-order valence-corrected chi connectivity index (χ4v) is 5.46. The minimum absolute atomic E-state index is 0.0619. The molecule has 0 bridgehead atoms. The lowest BCUT2D eigenvalue weighted by atomic mass is 10.1. The van der Waals surface area contributed by atoms with E-state index in [1.807, 2.05) is 0 Å². The van der Waals surface area contributed by atoms with Crippen LogP contribution >= 0.6 is 11.6 Å². The second-order valence-corrected chi connectivity index (χ2v) is 10.2. The predicted octanol–water partition coefficient (Wildman–Crippen LogP) is 2.83. The molecule has 1 saturated heterocycles. The van der Waals surface area contributed by atoms with E-state index in [0.717, 1.165) is 0 Å². The Labute approximate surface area is 215 Å². The lowest BCUT2D eigenvalue weighted by Gasteiger charge is -2.39. The minimum Gasteiger partial charge on any atom is -0.451 e. The van der Waals surface area contributed by atoms with Gasteiger partial charge in [0.25, 0.3) is 11.8 Å². The Morgan fingerprint density at radius 3 is 2.38 bits per heavy atom. The van der Waals surface area contributed by atoms with Crippen molar-refractivity contribution >= 4 is 33.4 Å². The van der Waals surface area contributed by atoms with Crippen LogP contribution in [0.1, 0.15) is 10.4 Å². The summed E-state index contributed by atoms with van der Waals surface area (Å²) in [6.45, 7) is -0.953. The van der Waals surface area contributed by atoms with E-state index >= 15 is 0 Å². The lowest BCUT2D eigenvalue weighted by molar-refractivity contribution is -0.134. The Morgan fingerprint density at radius 2 is 1.78 bits per heavy atom. The average molecular weight is 553 g/mol. The van der Waals surface area contributed by atoms with E-state index in [2.05, 4.69) is 4.98 Å². The SMILES string of the molecule is O=C(NO)[C@@H]1CN(C(=O)c2cccnc2)CCN1S(=O)(=O)c1cc(F)c(Oc2ccc(Cl)cc2)c(F)c1. The molecule has 1 atom stereocenters. The van der Waals surface area contributed by atoms with Gasteiger partial charge in [0.15, 0.2) is 17.4 Å². The number of hydrogen-bond donors (Lipinski definition) is 2. The van der Waals surface area contributed by atoms with Crippen molar-refractivity contribution in [3.63, 3.8) is 0 Å². The van der Waals surface area contributed by atoms with Gasteiger partial charge in [0.1, 0.15) is 11.8 Å². The van der Waals surface area contributed by atoms with E-state index in [9.17, 15) is 32.0 Å². The van der Waals surface area contributed by atoms with Gasteiger partial charge >= 0.3 is 0 Å². The quantitative estimate of drug-likeness (QED) is 0.355. The Balaban J connectivity index is 1.61. The summed E-state index contributed by atoms with van der Waals surface area (Å²) >= 11 is 5.78. The largest absolute Gasteiger partial charge is 0.451 e. The highest BCUT2D eigenvalue weighted by Gasteiger charge is 2.42. The number of carbonyl (C=O) groups excluding carboxylic acids is 2. The van der Waals surface area contributed by atoms with Crippen molar-refractivity contribution in [2.45, 2.75) is 10.9 Å². The zero-order valence-corrected chi connectivity index (χ0v) is 20.4. The van der Waals surface area contributed by atoms with Crippen LogP contribution in [0.3, 0.4) is 0 Å². The minimum atomic E-state index is -4.66. The Kier molecular flexibility index (Phi) is 7.68. The summed E-state index contributed by atoms with van der Waals surface area (Å²) in [5, 5.41) is 9.56. The molecule has 0 unspecified atom stereocenters. The van der Waals surface area contributed by atoms with Crippen molar-refractivity contribution in [1.29, 1.82) is 0 Å². The van der Waals surface area contributed by atoms with Gasteiger partial charge in [0.2, 0.25) is 10.0 Å². The number of piperazine rings is 1. The molecule has 37 heavy (non-hydrogen) atoms. The summed E-state index contributed by atoms with van der Waals surface area (Å²) in [4.78, 5) is 29.5. The molecule has 0 spiro atoms. The molecule has 14 heteroatoms. The summed E-state index contributed by atoms with van der Waals surface area (Å²) in [5.74, 6) is -5.02. The molecule has 2 heterocycles. The van der Waals surface area contributed by atoms with Crippen molar-refractivity contribution in [1.82, 2.24) is 19.7 Å². The molecule has 0 aliphatic carbocycles. The van der Waals surface area contributed by atoms with Gasteiger partial charge in [0.05, 0.1) is 10.5 Å². The fourth-order valence-electron chi connectivity index (χ4n) is 3.74. The van der Waals surface area contributed by atoms with Gasteiger partial charge in [-0.2, -0.15) is 4.31 Å². The van der Waals surface area contributed by atoms with Crippen LogP contribution in [0.5, 0.6) is 11.5 Å². The number of aromatic nitrogens is 1. The number of pyridine rings is 1. The Bertz CT molecular complexity index is 1400. The lowest BCUT2D eigenvalue weighted by Crippen LogP contribution is -2.61. The highest BCUT2D eigenvalue weighted by Crippen LogP contribution is 2.32. The van der Waals surface area contributed by atoms with E-state index in [0.29, 0.717) is 21.5 Å². The molecule has 1 fully saturated rings. The van der Waals surface area contributed by atoms with Crippen LogP contribution in [0, 0.1) is 11.6 Å².